The largest absolute Gasteiger partial charge is 0.488 e. The van der Waals surface area contributed by atoms with Crippen LogP contribution in [0.2, 0.25) is 0 Å². The summed E-state index contributed by atoms with van der Waals surface area (Å²) in [5.41, 5.74) is 1.31. The van der Waals surface area contributed by atoms with Crippen molar-refractivity contribution in [2.24, 2.45) is 0 Å². The van der Waals surface area contributed by atoms with Crippen LogP contribution in [0, 0.1) is 11.3 Å². The summed E-state index contributed by atoms with van der Waals surface area (Å²) in [6, 6.07) is 18.0. The Kier molecular flexibility index (Phi) is 3.72. The molecule has 0 spiro atoms. The first-order valence-electron chi connectivity index (χ1n) is 5.51. The van der Waals surface area contributed by atoms with Gasteiger partial charge in [-0.05, 0) is 17.7 Å². The van der Waals surface area contributed by atoms with Crippen LogP contribution in [-0.4, -0.2) is 5.78 Å². The Morgan fingerprint density at radius 3 is 2.44 bits per heavy atom. The molecule has 0 aliphatic heterocycles. The van der Waals surface area contributed by atoms with Crippen LogP contribution in [0.1, 0.15) is 15.9 Å². The summed E-state index contributed by atoms with van der Waals surface area (Å²) in [5, 5.41) is 8.64. The fourth-order valence-corrected chi connectivity index (χ4v) is 1.58. The molecule has 18 heavy (non-hydrogen) atoms. The Morgan fingerprint density at radius 1 is 1.06 bits per heavy atom. The van der Waals surface area contributed by atoms with E-state index < -0.39 is 5.78 Å². The van der Waals surface area contributed by atoms with Crippen LogP contribution < -0.4 is 4.74 Å². The Morgan fingerprint density at radius 2 is 1.72 bits per heavy atom. The number of nitriles is 1. The van der Waals surface area contributed by atoms with Gasteiger partial charge in [-0.25, -0.2) is 0 Å². The normalized spacial score (nSPS) is 9.50. The van der Waals surface area contributed by atoms with Crippen LogP contribution in [0.3, 0.4) is 0 Å². The molecule has 0 unspecified atom stereocenters. The molecule has 3 nitrogen and oxygen atoms in total. The van der Waals surface area contributed by atoms with Crippen molar-refractivity contribution in [3.8, 4) is 11.8 Å². The summed E-state index contributed by atoms with van der Waals surface area (Å²) in [4.78, 5) is 11.4. The van der Waals surface area contributed by atoms with Crippen molar-refractivity contribution in [1.82, 2.24) is 0 Å². The standard InChI is InChI=1S/C15H11NO2/c16-10-14(17)13-8-4-5-9-15(13)18-11-12-6-2-1-3-7-12/h1-9H,11H2. The summed E-state index contributed by atoms with van der Waals surface area (Å²) < 4.78 is 5.57. The highest BCUT2D eigenvalue weighted by Crippen LogP contribution is 2.19. The van der Waals surface area contributed by atoms with Gasteiger partial charge >= 0.3 is 0 Å². The Hall–Kier alpha value is -2.60. The number of hydrogen-bond donors (Lipinski definition) is 0. The van der Waals surface area contributed by atoms with E-state index in [1.165, 1.54) is 0 Å². The number of hydrogen-bond acceptors (Lipinski definition) is 3. The molecule has 0 aliphatic carbocycles. The summed E-state index contributed by atoms with van der Waals surface area (Å²) in [5.74, 6) is -0.147. The van der Waals surface area contributed by atoms with E-state index in [2.05, 4.69) is 0 Å². The van der Waals surface area contributed by atoms with Gasteiger partial charge in [0.25, 0.3) is 5.78 Å². The minimum Gasteiger partial charge on any atom is -0.488 e. The van der Waals surface area contributed by atoms with Gasteiger partial charge in [-0.1, -0.05) is 42.5 Å². The van der Waals surface area contributed by atoms with Gasteiger partial charge in [0.05, 0.1) is 5.56 Å². The van der Waals surface area contributed by atoms with Gasteiger partial charge in [-0.2, -0.15) is 5.26 Å². The molecule has 0 atom stereocenters. The Bertz CT molecular complexity index is 585. The van der Waals surface area contributed by atoms with Crippen LogP contribution >= 0.6 is 0 Å². The van der Waals surface area contributed by atoms with E-state index in [9.17, 15) is 4.79 Å². The molecule has 0 bridgehead atoms. The topological polar surface area (TPSA) is 50.1 Å². The summed E-state index contributed by atoms with van der Waals surface area (Å²) >= 11 is 0. The number of Topliss-reactive ketones (excluding diaryl/α,β-unsaturated/α-hetero) is 1. The van der Waals surface area contributed by atoms with Gasteiger partial charge in [0, 0.05) is 0 Å². The number of ether oxygens (including phenoxy) is 1. The Balaban J connectivity index is 2.15. The minimum atomic E-state index is -0.585. The fourth-order valence-electron chi connectivity index (χ4n) is 1.58. The number of benzene rings is 2. The molecule has 2 rings (SSSR count). The smallest absolute Gasteiger partial charge is 0.265 e. The maximum absolute atomic E-state index is 11.4. The average molecular weight is 237 g/mol. The van der Waals surface area contributed by atoms with E-state index in [0.717, 1.165) is 5.56 Å². The van der Waals surface area contributed by atoms with E-state index in [1.807, 2.05) is 30.3 Å². The van der Waals surface area contributed by atoms with Gasteiger partial charge < -0.3 is 4.74 Å². The van der Waals surface area contributed by atoms with Gasteiger partial charge in [0.1, 0.15) is 18.4 Å². The van der Waals surface area contributed by atoms with E-state index in [4.69, 9.17) is 10.00 Å². The zero-order chi connectivity index (χ0) is 12.8. The van der Waals surface area contributed by atoms with Gasteiger partial charge in [0.15, 0.2) is 0 Å². The number of rotatable bonds is 4. The first-order valence-corrected chi connectivity index (χ1v) is 5.51. The third-order valence-electron chi connectivity index (χ3n) is 2.47. The number of para-hydroxylation sites is 1. The maximum Gasteiger partial charge on any atom is 0.265 e. The molecule has 0 saturated carbocycles. The molecule has 0 aliphatic rings. The summed E-state index contributed by atoms with van der Waals surface area (Å²) in [6.45, 7) is 0.372. The molecule has 2 aromatic rings. The maximum atomic E-state index is 11.4. The third kappa shape index (κ3) is 2.74. The quantitative estimate of drug-likeness (QED) is 0.606. The van der Waals surface area contributed by atoms with Crippen molar-refractivity contribution in [3.63, 3.8) is 0 Å². The van der Waals surface area contributed by atoms with Crippen LogP contribution in [-0.2, 0) is 6.61 Å². The third-order valence-corrected chi connectivity index (χ3v) is 2.47. The van der Waals surface area contributed by atoms with Gasteiger partial charge in [-0.3, -0.25) is 4.79 Å². The lowest BCUT2D eigenvalue weighted by atomic mass is 10.1. The average Bonchev–Trinajstić information content (AvgIpc) is 2.45. The van der Waals surface area contributed by atoms with Crippen molar-refractivity contribution in [2.75, 3.05) is 0 Å². The Labute approximate surface area is 105 Å². The SMILES string of the molecule is N#CC(=O)c1ccccc1OCc1ccccc1. The van der Waals surface area contributed by atoms with E-state index in [0.29, 0.717) is 17.9 Å². The molecular weight excluding hydrogens is 226 g/mol. The molecular formula is C15H11NO2. The van der Waals surface area contributed by atoms with E-state index in [1.54, 1.807) is 30.3 Å². The lowest BCUT2D eigenvalue weighted by molar-refractivity contribution is 0.105. The second-order valence-corrected chi connectivity index (χ2v) is 3.71. The molecule has 0 heterocycles. The van der Waals surface area contributed by atoms with E-state index in [-0.39, 0.29) is 0 Å². The highest BCUT2D eigenvalue weighted by atomic mass is 16.5. The zero-order valence-corrected chi connectivity index (χ0v) is 9.67. The lowest BCUT2D eigenvalue weighted by Gasteiger charge is -2.08. The van der Waals surface area contributed by atoms with Crippen LogP contribution in [0.5, 0.6) is 5.75 Å². The number of carbonyl (C=O) groups excluding carboxylic acids is 1. The van der Waals surface area contributed by atoms with Crippen molar-refractivity contribution in [1.29, 1.82) is 5.26 Å². The second-order valence-electron chi connectivity index (χ2n) is 3.71. The predicted octanol–water partition coefficient (Wildman–Crippen LogP) is 2.97. The van der Waals surface area contributed by atoms with E-state index >= 15 is 0 Å². The molecule has 3 heteroatoms. The number of ketones is 1. The highest BCUT2D eigenvalue weighted by molar-refractivity contribution is 6.09. The van der Waals surface area contributed by atoms with Gasteiger partial charge in [-0.15, -0.1) is 0 Å². The summed E-state index contributed by atoms with van der Waals surface area (Å²) in [7, 11) is 0. The molecule has 0 fully saturated rings. The minimum absolute atomic E-state index is 0.302. The zero-order valence-electron chi connectivity index (χ0n) is 9.67. The fraction of sp³-hybridized carbons (Fsp3) is 0.0667. The number of carbonyl (C=O) groups is 1. The molecule has 0 N–H and O–H groups in total. The molecule has 0 radical (unpaired) electrons. The highest BCUT2D eigenvalue weighted by Gasteiger charge is 2.10. The first kappa shape index (κ1) is 11.9. The van der Waals surface area contributed by atoms with Crippen LogP contribution in [0.25, 0.3) is 0 Å². The van der Waals surface area contributed by atoms with Crippen molar-refractivity contribution in [2.45, 2.75) is 6.61 Å². The summed E-state index contributed by atoms with van der Waals surface area (Å²) in [6.07, 6.45) is 0. The van der Waals surface area contributed by atoms with Crippen LogP contribution in [0.4, 0.5) is 0 Å². The van der Waals surface area contributed by atoms with Crippen LogP contribution in [0.15, 0.2) is 54.6 Å². The molecule has 0 saturated heterocycles. The van der Waals surface area contributed by atoms with Gasteiger partial charge in [0.2, 0.25) is 0 Å². The number of nitrogens with zero attached hydrogens (tertiary/aromatic N) is 1. The molecule has 0 aromatic heterocycles. The van der Waals surface area contributed by atoms with Crippen molar-refractivity contribution >= 4 is 5.78 Å². The lowest BCUT2D eigenvalue weighted by Crippen LogP contribution is -2.02. The second kappa shape index (κ2) is 5.65. The monoisotopic (exact) mass is 237 g/mol. The first-order chi connectivity index (χ1) is 8.81. The van der Waals surface area contributed by atoms with Crippen molar-refractivity contribution < 1.29 is 9.53 Å². The van der Waals surface area contributed by atoms with Crippen molar-refractivity contribution in [3.05, 3.63) is 65.7 Å². The predicted molar refractivity (Wildman–Crippen MR) is 67.2 cm³/mol. The molecule has 88 valence electrons. The molecule has 2 aromatic carbocycles. The molecule has 0 amide bonds.